The van der Waals surface area contributed by atoms with Gasteiger partial charge in [0.2, 0.25) is 0 Å². The Morgan fingerprint density at radius 2 is 1.63 bits per heavy atom. The molecule has 0 saturated carbocycles. The summed E-state index contributed by atoms with van der Waals surface area (Å²) in [4.78, 5) is 15.6. The van der Waals surface area contributed by atoms with Gasteiger partial charge in [-0.15, -0.1) is 37.2 Å². The highest BCUT2D eigenvalue weighted by molar-refractivity contribution is 6.02. The lowest BCUT2D eigenvalue weighted by molar-refractivity contribution is 0.415. The van der Waals surface area contributed by atoms with Gasteiger partial charge in [-0.1, -0.05) is 30.3 Å². The van der Waals surface area contributed by atoms with Crippen LogP contribution in [-0.2, 0) is 0 Å². The van der Waals surface area contributed by atoms with Crippen LogP contribution in [-0.4, -0.2) is 28.0 Å². The van der Waals surface area contributed by atoms with Crippen LogP contribution in [0.25, 0.3) is 23.1 Å². The molecule has 2 aromatic carbocycles. The molecule has 0 amide bonds. The molecule has 0 aliphatic heterocycles. The first kappa shape index (κ1) is 32.6. The second-order valence-corrected chi connectivity index (χ2v) is 8.23. The van der Waals surface area contributed by atoms with Crippen LogP contribution < -0.4 is 21.1 Å². The van der Waals surface area contributed by atoms with Crippen LogP contribution in [0.3, 0.4) is 0 Å². The van der Waals surface area contributed by atoms with Gasteiger partial charge in [0.25, 0.3) is 0 Å². The van der Waals surface area contributed by atoms with E-state index in [1.165, 1.54) is 0 Å². The van der Waals surface area contributed by atoms with Crippen molar-refractivity contribution in [2.24, 2.45) is 11.5 Å². The number of pyridine rings is 1. The first-order valence-electron chi connectivity index (χ1n) is 11.3. The second kappa shape index (κ2) is 14.5. The maximum absolute atomic E-state index is 8.48. The minimum absolute atomic E-state index is 0. The van der Waals surface area contributed by atoms with Crippen molar-refractivity contribution >= 4 is 72.1 Å². The lowest BCUT2D eigenvalue weighted by atomic mass is 9.96. The molecule has 2 aromatic heterocycles. The smallest absolute Gasteiger partial charge is 0.194 e. The van der Waals surface area contributed by atoms with Gasteiger partial charge in [0.1, 0.15) is 11.6 Å². The van der Waals surface area contributed by atoms with Gasteiger partial charge in [-0.05, 0) is 67.5 Å². The monoisotopic (exact) mass is 575 g/mol. The van der Waals surface area contributed by atoms with Gasteiger partial charge >= 0.3 is 0 Å². The number of hydrogen-bond acceptors (Lipinski definition) is 6. The third kappa shape index (κ3) is 7.11. The lowest BCUT2D eigenvalue weighted by Gasteiger charge is -2.31. The van der Waals surface area contributed by atoms with Crippen molar-refractivity contribution in [2.45, 2.75) is 25.9 Å². The number of aromatic nitrogens is 3. The van der Waals surface area contributed by atoms with Gasteiger partial charge in [0.15, 0.2) is 11.8 Å². The van der Waals surface area contributed by atoms with Crippen LogP contribution in [0.1, 0.15) is 48.6 Å². The van der Waals surface area contributed by atoms with E-state index in [0.717, 1.165) is 22.2 Å². The average molecular weight is 577 g/mol. The van der Waals surface area contributed by atoms with E-state index < -0.39 is 0 Å². The number of halogens is 3. The van der Waals surface area contributed by atoms with Crippen LogP contribution in [0.4, 0.5) is 5.82 Å². The van der Waals surface area contributed by atoms with Gasteiger partial charge in [-0.2, -0.15) is 0 Å². The average Bonchev–Trinajstić information content (AvgIpc) is 2.87. The second-order valence-electron chi connectivity index (χ2n) is 8.23. The molecule has 4 rings (SSSR count). The Morgan fingerprint density at radius 1 is 0.947 bits per heavy atom. The Balaban J connectivity index is 0.00000241. The van der Waals surface area contributed by atoms with Crippen LogP contribution >= 0.6 is 37.2 Å². The maximum Gasteiger partial charge on any atom is 0.194 e. The van der Waals surface area contributed by atoms with Gasteiger partial charge in [0, 0.05) is 17.6 Å². The molecular weight excluding hydrogens is 545 g/mol. The zero-order chi connectivity index (χ0) is 24.9. The predicted molar refractivity (Wildman–Crippen MR) is 163 cm³/mol. The molecule has 4 aromatic rings. The molecule has 2 heterocycles. The zero-order valence-electron chi connectivity index (χ0n) is 21.2. The van der Waals surface area contributed by atoms with E-state index >= 15 is 0 Å². The highest BCUT2D eigenvalue weighted by atomic mass is 35.5. The molecule has 202 valence electrons. The Kier molecular flexibility index (Phi) is 12.4. The summed E-state index contributed by atoms with van der Waals surface area (Å²) in [5.74, 6) is 1.50. The predicted octanol–water partition coefficient (Wildman–Crippen LogP) is 5.95. The Labute approximate surface area is 241 Å². The van der Waals surface area contributed by atoms with Crippen molar-refractivity contribution in [3.63, 3.8) is 0 Å². The summed E-state index contributed by atoms with van der Waals surface area (Å²) < 4.78 is 5.45. The van der Waals surface area contributed by atoms with E-state index in [2.05, 4.69) is 4.98 Å². The molecule has 0 bridgehead atoms. The summed E-state index contributed by atoms with van der Waals surface area (Å²) in [6.07, 6.45) is 5.38. The number of nitrogens with two attached hydrogens (primary N) is 2. The van der Waals surface area contributed by atoms with E-state index in [1.54, 1.807) is 24.3 Å². The molecule has 11 heteroatoms. The van der Waals surface area contributed by atoms with Crippen molar-refractivity contribution in [1.29, 1.82) is 5.41 Å². The van der Waals surface area contributed by atoms with E-state index in [0.29, 0.717) is 22.9 Å². The molecule has 0 spiro atoms. The molecule has 8 nitrogen and oxygen atoms in total. The Bertz CT molecular complexity index is 1380. The minimum Gasteiger partial charge on any atom is -0.497 e. The Morgan fingerprint density at radius 3 is 2.24 bits per heavy atom. The first-order valence-corrected chi connectivity index (χ1v) is 11.3. The minimum atomic E-state index is -0.313. The summed E-state index contributed by atoms with van der Waals surface area (Å²) in [5, 5.41) is 9.20. The van der Waals surface area contributed by atoms with E-state index in [-0.39, 0.29) is 55.3 Å². The summed E-state index contributed by atoms with van der Waals surface area (Å²) >= 11 is 0. The largest absolute Gasteiger partial charge is 0.497 e. The molecule has 38 heavy (non-hydrogen) atoms. The van der Waals surface area contributed by atoms with E-state index in [9.17, 15) is 0 Å². The molecule has 0 aliphatic carbocycles. The van der Waals surface area contributed by atoms with Crippen LogP contribution in [0.15, 0.2) is 66.9 Å². The van der Waals surface area contributed by atoms with Gasteiger partial charge in [0.05, 0.1) is 24.4 Å². The van der Waals surface area contributed by atoms with Crippen molar-refractivity contribution in [3.8, 4) is 5.75 Å². The number of fused-ring (bicyclic) bond motifs is 1. The number of nitrogens with zero attached hydrogens (tertiary/aromatic N) is 4. The molecule has 2 atom stereocenters. The van der Waals surface area contributed by atoms with E-state index in [4.69, 9.17) is 31.6 Å². The fraction of sp³-hybridized carbons (Fsp3) is 0.185. The van der Waals surface area contributed by atoms with Crippen molar-refractivity contribution < 1.29 is 4.74 Å². The fourth-order valence-electron chi connectivity index (χ4n) is 4.08. The molecule has 0 saturated heterocycles. The molecule has 0 fully saturated rings. The Hall–Kier alpha value is -3.43. The number of guanidine groups is 1. The van der Waals surface area contributed by atoms with Crippen molar-refractivity contribution in [2.75, 3.05) is 12.0 Å². The summed E-state index contributed by atoms with van der Waals surface area (Å²) in [6.45, 7) is 3.93. The van der Waals surface area contributed by atoms with Crippen LogP contribution in [0.2, 0.25) is 0 Å². The highest BCUT2D eigenvalue weighted by Crippen LogP contribution is 2.35. The van der Waals surface area contributed by atoms with Gasteiger partial charge in [-0.25, -0.2) is 9.97 Å². The third-order valence-corrected chi connectivity index (χ3v) is 5.80. The maximum atomic E-state index is 8.48. The van der Waals surface area contributed by atoms with Crippen LogP contribution in [0, 0.1) is 5.41 Å². The van der Waals surface area contributed by atoms with Crippen molar-refractivity contribution in [1.82, 2.24) is 15.0 Å². The molecule has 0 radical (unpaired) electrons. The summed E-state index contributed by atoms with van der Waals surface area (Å²) in [6, 6.07) is 18.7. The summed E-state index contributed by atoms with van der Waals surface area (Å²) in [5.41, 5.74) is 15.9. The molecule has 2 unspecified atom stereocenters. The number of methoxy groups -OCH3 is 1. The number of nitrogens with one attached hydrogen (secondary N) is 1. The fourth-order valence-corrected chi connectivity index (χ4v) is 4.08. The number of anilines is 1. The van der Waals surface area contributed by atoms with Crippen molar-refractivity contribution in [3.05, 3.63) is 89.5 Å². The lowest BCUT2D eigenvalue weighted by Crippen LogP contribution is -2.40. The van der Waals surface area contributed by atoms with E-state index in [1.807, 2.05) is 80.6 Å². The first-order chi connectivity index (χ1) is 16.9. The van der Waals surface area contributed by atoms with Gasteiger partial charge in [-0.3, -0.25) is 15.3 Å². The number of rotatable bonds is 7. The highest BCUT2D eigenvalue weighted by Gasteiger charge is 2.26. The number of hydrogen-bond donors (Lipinski definition) is 3. The van der Waals surface area contributed by atoms with Gasteiger partial charge < -0.3 is 16.2 Å². The SMILES string of the molecule is COc1ccc2nc(/C=C/c3ccccn3)nc(N(C(=N)N)C(C)c3ccccc3C(C)N)c2c1.Cl.Cl.Cl. The standard InChI is InChI=1S/C27H29N7O.3ClH/c1-17(28)21-9-4-5-10-22(21)18(2)34(27(29)30)26-23-16-20(35-3)12-13-24(23)32-25(33-26)14-11-19-8-6-7-15-31-19;;;/h4-18H,28H2,1-3H3,(H3,29,30);3*1H/b14-11+;;;. The topological polar surface area (TPSA) is 127 Å². The molecular formula is C27H32Cl3N7O. The van der Waals surface area contributed by atoms with Crippen LogP contribution in [0.5, 0.6) is 5.75 Å². The quantitative estimate of drug-likeness (QED) is 0.183. The number of benzene rings is 2. The molecule has 5 N–H and O–H groups in total. The molecule has 0 aliphatic rings. The zero-order valence-corrected chi connectivity index (χ0v) is 23.7. The third-order valence-electron chi connectivity index (χ3n) is 5.80. The summed E-state index contributed by atoms with van der Waals surface area (Å²) in [7, 11) is 1.61. The number of ether oxygens (including phenoxy) is 1. The normalized spacial score (nSPS) is 12.0.